The third-order valence-electron chi connectivity index (χ3n) is 5.62. The molecular formula is C30H36N2O4. The first-order valence-electron chi connectivity index (χ1n) is 12.2. The Morgan fingerprint density at radius 3 is 2.08 bits per heavy atom. The van der Waals surface area contributed by atoms with Gasteiger partial charge in [-0.15, -0.1) is 0 Å². The number of anilines is 1. The van der Waals surface area contributed by atoms with Gasteiger partial charge >= 0.3 is 0 Å². The van der Waals surface area contributed by atoms with Crippen molar-refractivity contribution in [2.24, 2.45) is 0 Å². The second kappa shape index (κ2) is 14.1. The van der Waals surface area contributed by atoms with Crippen molar-refractivity contribution in [2.45, 2.75) is 19.8 Å². The van der Waals surface area contributed by atoms with Crippen LogP contribution in [-0.2, 0) is 9.53 Å². The van der Waals surface area contributed by atoms with Crippen molar-refractivity contribution in [1.29, 1.82) is 0 Å². The van der Waals surface area contributed by atoms with E-state index in [1.54, 1.807) is 7.11 Å². The van der Waals surface area contributed by atoms with Crippen molar-refractivity contribution < 1.29 is 19.0 Å². The summed E-state index contributed by atoms with van der Waals surface area (Å²) >= 11 is 0. The molecule has 0 heterocycles. The summed E-state index contributed by atoms with van der Waals surface area (Å²) in [5, 5.41) is 3.07. The Morgan fingerprint density at radius 1 is 0.833 bits per heavy atom. The Hall–Kier alpha value is -3.61. The highest BCUT2D eigenvalue weighted by molar-refractivity contribution is 6.31. The molecule has 0 aliphatic heterocycles. The van der Waals surface area contributed by atoms with Gasteiger partial charge in [-0.05, 0) is 80.0 Å². The molecule has 3 aromatic carbocycles. The molecule has 0 bridgehead atoms. The number of rotatable bonds is 13. The minimum absolute atomic E-state index is 0.166. The fraction of sp³-hybridized carbons (Fsp3) is 0.300. The predicted molar refractivity (Wildman–Crippen MR) is 146 cm³/mol. The molecule has 3 aromatic rings. The zero-order valence-electron chi connectivity index (χ0n) is 21.6. The van der Waals surface area contributed by atoms with Gasteiger partial charge in [-0.3, -0.25) is 4.79 Å². The molecule has 0 saturated carbocycles. The number of nitrogens with zero attached hydrogens (tertiary/aromatic N) is 1. The maximum absolute atomic E-state index is 13.6. The highest BCUT2D eigenvalue weighted by Crippen LogP contribution is 2.31. The van der Waals surface area contributed by atoms with E-state index in [4.69, 9.17) is 14.2 Å². The molecule has 1 amide bonds. The van der Waals surface area contributed by atoms with Gasteiger partial charge in [0.2, 0.25) is 0 Å². The molecule has 36 heavy (non-hydrogen) atoms. The molecule has 0 radical (unpaired) electrons. The topological polar surface area (TPSA) is 60.0 Å². The van der Waals surface area contributed by atoms with Crippen LogP contribution in [0.3, 0.4) is 0 Å². The van der Waals surface area contributed by atoms with Gasteiger partial charge in [0.15, 0.2) is 6.79 Å². The van der Waals surface area contributed by atoms with Crippen LogP contribution in [0.15, 0.2) is 78.9 Å². The predicted octanol–water partition coefficient (Wildman–Crippen LogP) is 5.96. The smallest absolute Gasteiger partial charge is 0.256 e. The Balaban J connectivity index is 1.83. The van der Waals surface area contributed by atoms with Gasteiger partial charge in [-0.2, -0.15) is 0 Å². The summed E-state index contributed by atoms with van der Waals surface area (Å²) in [6.07, 6.45) is 1.66. The van der Waals surface area contributed by atoms with Crippen LogP contribution in [0, 0.1) is 0 Å². The van der Waals surface area contributed by atoms with Crippen molar-refractivity contribution >= 4 is 22.7 Å². The summed E-state index contributed by atoms with van der Waals surface area (Å²) in [5.74, 6) is 1.30. The lowest BCUT2D eigenvalue weighted by Crippen LogP contribution is -2.16. The number of amides is 1. The van der Waals surface area contributed by atoms with Crippen LogP contribution >= 0.6 is 0 Å². The van der Waals surface area contributed by atoms with E-state index in [0.717, 1.165) is 35.4 Å². The second-order valence-electron chi connectivity index (χ2n) is 8.63. The molecule has 0 atom stereocenters. The molecule has 0 aromatic heterocycles. The van der Waals surface area contributed by atoms with Gasteiger partial charge in [0.05, 0.1) is 12.2 Å². The maximum atomic E-state index is 13.6. The van der Waals surface area contributed by atoms with Crippen molar-refractivity contribution in [3.63, 3.8) is 0 Å². The van der Waals surface area contributed by atoms with Crippen LogP contribution in [-0.4, -0.2) is 52.0 Å². The van der Waals surface area contributed by atoms with E-state index >= 15 is 0 Å². The van der Waals surface area contributed by atoms with E-state index in [9.17, 15) is 4.79 Å². The Kier molecular flexibility index (Phi) is 10.5. The molecule has 3 rings (SSSR count). The zero-order valence-corrected chi connectivity index (χ0v) is 21.6. The third kappa shape index (κ3) is 7.97. The third-order valence-corrected chi connectivity index (χ3v) is 5.62. The number of methoxy groups -OCH3 is 1. The summed E-state index contributed by atoms with van der Waals surface area (Å²) in [6.45, 7) is 3.86. The van der Waals surface area contributed by atoms with Gasteiger partial charge in [0.25, 0.3) is 5.91 Å². The highest BCUT2D eigenvalue weighted by Gasteiger charge is 2.19. The van der Waals surface area contributed by atoms with E-state index in [-0.39, 0.29) is 12.7 Å². The summed E-state index contributed by atoms with van der Waals surface area (Å²) in [4.78, 5) is 15.8. The molecule has 0 saturated heterocycles. The van der Waals surface area contributed by atoms with Crippen molar-refractivity contribution in [2.75, 3.05) is 46.5 Å². The molecule has 0 aliphatic carbocycles. The van der Waals surface area contributed by atoms with Crippen molar-refractivity contribution in [1.82, 2.24) is 4.90 Å². The first-order valence-corrected chi connectivity index (χ1v) is 12.2. The average molecular weight is 489 g/mol. The van der Waals surface area contributed by atoms with Crippen LogP contribution in [0.25, 0.3) is 11.1 Å². The van der Waals surface area contributed by atoms with Crippen molar-refractivity contribution in [3.05, 3.63) is 90.0 Å². The van der Waals surface area contributed by atoms with E-state index in [2.05, 4.69) is 17.1 Å². The van der Waals surface area contributed by atoms with Gasteiger partial charge in [-0.1, -0.05) is 49.4 Å². The number of carbonyl (C=O) groups excluding carboxylic acids is 1. The van der Waals surface area contributed by atoms with Crippen LogP contribution in [0.2, 0.25) is 0 Å². The Labute approximate surface area is 214 Å². The lowest BCUT2D eigenvalue weighted by atomic mass is 9.92. The fourth-order valence-electron chi connectivity index (χ4n) is 3.85. The number of benzene rings is 3. The zero-order chi connectivity index (χ0) is 25.8. The van der Waals surface area contributed by atoms with E-state index in [1.165, 1.54) is 0 Å². The standard InChI is InChI=1S/C30H36N2O4/c1-5-28(23-10-7-6-8-11-23)29(24-12-16-27(17-13-24)36-22-34-4)30(33)31-25-14-18-26(19-15-25)35-21-9-20-32(2)3/h6-8,10-19H,5,9,20-22H2,1-4H3,(H,31,33)/b29-28-. The molecule has 190 valence electrons. The van der Waals surface area contributed by atoms with Gasteiger partial charge in [-0.25, -0.2) is 0 Å². The summed E-state index contributed by atoms with van der Waals surface area (Å²) in [7, 11) is 5.67. The number of ether oxygens (including phenoxy) is 3. The molecule has 6 heteroatoms. The van der Waals surface area contributed by atoms with Gasteiger partial charge < -0.3 is 24.4 Å². The quantitative estimate of drug-likeness (QED) is 0.139. The minimum Gasteiger partial charge on any atom is -0.494 e. The van der Waals surface area contributed by atoms with Crippen molar-refractivity contribution in [3.8, 4) is 11.5 Å². The number of nitrogens with one attached hydrogen (secondary N) is 1. The Morgan fingerprint density at radius 2 is 1.47 bits per heavy atom. The van der Waals surface area contributed by atoms with Crippen LogP contribution in [0.5, 0.6) is 11.5 Å². The van der Waals surface area contributed by atoms with Gasteiger partial charge in [0.1, 0.15) is 11.5 Å². The average Bonchev–Trinajstić information content (AvgIpc) is 2.90. The first kappa shape index (κ1) is 27.0. The van der Waals surface area contributed by atoms with Crippen LogP contribution in [0.1, 0.15) is 30.9 Å². The number of allylic oxidation sites excluding steroid dienone is 1. The van der Waals surface area contributed by atoms with E-state index in [0.29, 0.717) is 30.0 Å². The number of hydrogen-bond donors (Lipinski definition) is 1. The normalized spacial score (nSPS) is 11.7. The molecule has 0 spiro atoms. The molecule has 0 unspecified atom stereocenters. The van der Waals surface area contributed by atoms with E-state index < -0.39 is 0 Å². The lowest BCUT2D eigenvalue weighted by Gasteiger charge is -2.16. The molecule has 1 N–H and O–H groups in total. The maximum Gasteiger partial charge on any atom is 0.256 e. The summed E-state index contributed by atoms with van der Waals surface area (Å²) < 4.78 is 16.3. The molecule has 6 nitrogen and oxygen atoms in total. The largest absolute Gasteiger partial charge is 0.494 e. The SMILES string of the molecule is CC/C(=C(/C(=O)Nc1ccc(OCCCN(C)C)cc1)c1ccc(OCOC)cc1)c1ccccc1. The number of carbonyl (C=O) groups is 1. The van der Waals surface area contributed by atoms with E-state index in [1.807, 2.05) is 93.0 Å². The second-order valence-corrected chi connectivity index (χ2v) is 8.63. The molecular weight excluding hydrogens is 452 g/mol. The van der Waals surface area contributed by atoms with Crippen LogP contribution in [0.4, 0.5) is 5.69 Å². The molecule has 0 fully saturated rings. The Bertz CT molecular complexity index is 1110. The fourth-order valence-corrected chi connectivity index (χ4v) is 3.85. The molecule has 0 aliphatic rings. The minimum atomic E-state index is -0.166. The van der Waals surface area contributed by atoms with Crippen LogP contribution < -0.4 is 14.8 Å². The lowest BCUT2D eigenvalue weighted by molar-refractivity contribution is -0.111. The summed E-state index contributed by atoms with van der Waals surface area (Å²) in [5.41, 5.74) is 4.15. The number of hydrogen-bond acceptors (Lipinski definition) is 5. The highest BCUT2D eigenvalue weighted by atomic mass is 16.7. The monoisotopic (exact) mass is 488 g/mol. The first-order chi connectivity index (χ1) is 17.5. The summed E-state index contributed by atoms with van der Waals surface area (Å²) in [6, 6.07) is 25.0. The van der Waals surface area contributed by atoms with Gasteiger partial charge in [0, 0.05) is 19.3 Å².